The highest BCUT2D eigenvalue weighted by atomic mass is 19.4. The minimum absolute atomic E-state index is 0.111. The maximum Gasteiger partial charge on any atom is 0.433 e. The van der Waals surface area contributed by atoms with Crippen molar-refractivity contribution in [3.05, 3.63) is 11.8 Å². The first kappa shape index (κ1) is 15.0. The lowest BCUT2D eigenvalue weighted by Gasteiger charge is -2.11. The first-order chi connectivity index (χ1) is 8.82. The summed E-state index contributed by atoms with van der Waals surface area (Å²) in [7, 11) is 0. The number of aromatic nitrogens is 2. The minimum atomic E-state index is -4.59. The summed E-state index contributed by atoms with van der Waals surface area (Å²) < 4.78 is 37.9. The largest absolute Gasteiger partial charge is 0.433 e. The summed E-state index contributed by atoms with van der Waals surface area (Å²) in [5.74, 6) is -0.960. The van der Waals surface area contributed by atoms with E-state index >= 15 is 0 Å². The van der Waals surface area contributed by atoms with Crippen molar-refractivity contribution >= 4 is 17.7 Å². The topological polar surface area (TPSA) is 92.9 Å². The summed E-state index contributed by atoms with van der Waals surface area (Å²) in [6.07, 6.45) is -3.88. The number of hydrogen-bond acceptors (Lipinski definition) is 5. The fraction of sp³-hybridized carbons (Fsp3) is 0.500. The van der Waals surface area contributed by atoms with Crippen molar-refractivity contribution in [3.8, 4) is 0 Å². The standard InChI is InChI=1S/C10H14F3N5O/c1-2-3-15-9-17-6(10(11,12)13)4-8(18-9)16-5-7(14)19/h4H,2-3,5H2,1H3,(H2,14,19)(H2,15,16,17,18). The zero-order chi connectivity index (χ0) is 14.5. The fourth-order valence-corrected chi connectivity index (χ4v) is 1.18. The van der Waals surface area contributed by atoms with Crippen LogP contribution in [0.15, 0.2) is 6.07 Å². The molecule has 0 bridgehead atoms. The molecule has 0 aliphatic carbocycles. The van der Waals surface area contributed by atoms with Gasteiger partial charge in [0.2, 0.25) is 11.9 Å². The van der Waals surface area contributed by atoms with Crippen LogP contribution in [0.2, 0.25) is 0 Å². The third-order valence-electron chi connectivity index (χ3n) is 1.99. The van der Waals surface area contributed by atoms with Gasteiger partial charge in [-0.1, -0.05) is 6.92 Å². The molecule has 1 aromatic rings. The zero-order valence-corrected chi connectivity index (χ0v) is 10.2. The monoisotopic (exact) mass is 277 g/mol. The van der Waals surface area contributed by atoms with E-state index in [9.17, 15) is 18.0 Å². The number of halogens is 3. The lowest BCUT2D eigenvalue weighted by atomic mass is 10.3. The van der Waals surface area contributed by atoms with E-state index in [2.05, 4.69) is 20.6 Å². The molecule has 1 amide bonds. The molecule has 0 aliphatic rings. The molecule has 0 radical (unpaired) electrons. The lowest BCUT2D eigenvalue weighted by Crippen LogP contribution is -2.23. The number of rotatable bonds is 6. The highest BCUT2D eigenvalue weighted by molar-refractivity contribution is 5.78. The van der Waals surface area contributed by atoms with E-state index in [-0.39, 0.29) is 18.3 Å². The van der Waals surface area contributed by atoms with Crippen LogP contribution in [-0.2, 0) is 11.0 Å². The highest BCUT2D eigenvalue weighted by Crippen LogP contribution is 2.29. The van der Waals surface area contributed by atoms with Crippen molar-refractivity contribution in [2.45, 2.75) is 19.5 Å². The molecule has 4 N–H and O–H groups in total. The smallest absolute Gasteiger partial charge is 0.368 e. The van der Waals surface area contributed by atoms with Gasteiger partial charge in [-0.3, -0.25) is 4.79 Å². The molecule has 0 fully saturated rings. The van der Waals surface area contributed by atoms with E-state index in [1.165, 1.54) is 0 Å². The van der Waals surface area contributed by atoms with E-state index in [1.54, 1.807) is 0 Å². The normalized spacial score (nSPS) is 11.2. The number of anilines is 2. The van der Waals surface area contributed by atoms with Gasteiger partial charge < -0.3 is 16.4 Å². The van der Waals surface area contributed by atoms with Gasteiger partial charge in [0.1, 0.15) is 5.82 Å². The Bertz CT molecular complexity index is 449. The van der Waals surface area contributed by atoms with Crippen molar-refractivity contribution < 1.29 is 18.0 Å². The number of amides is 1. The molecule has 1 rings (SSSR count). The Hall–Kier alpha value is -2.06. The summed E-state index contributed by atoms with van der Waals surface area (Å²) >= 11 is 0. The van der Waals surface area contributed by atoms with Crippen LogP contribution in [0.3, 0.4) is 0 Å². The van der Waals surface area contributed by atoms with Crippen LogP contribution in [-0.4, -0.2) is 29.0 Å². The number of nitrogens with zero attached hydrogens (tertiary/aromatic N) is 2. The molecule has 0 saturated heterocycles. The second-order valence-corrected chi connectivity index (χ2v) is 3.71. The van der Waals surface area contributed by atoms with Gasteiger partial charge in [-0.2, -0.15) is 18.2 Å². The maximum absolute atomic E-state index is 12.6. The summed E-state index contributed by atoms with van der Waals surface area (Å²) in [5, 5.41) is 5.06. The molecule has 19 heavy (non-hydrogen) atoms. The average Bonchev–Trinajstić information content (AvgIpc) is 2.32. The molecular weight excluding hydrogens is 263 g/mol. The Balaban J connectivity index is 2.98. The summed E-state index contributed by atoms with van der Waals surface area (Å²) in [6.45, 7) is 1.99. The van der Waals surface area contributed by atoms with E-state index in [0.29, 0.717) is 13.0 Å². The van der Waals surface area contributed by atoms with Gasteiger partial charge in [0, 0.05) is 12.6 Å². The van der Waals surface area contributed by atoms with Gasteiger partial charge in [0.15, 0.2) is 5.69 Å². The third kappa shape index (κ3) is 4.98. The Morgan fingerprint density at radius 2 is 2.05 bits per heavy atom. The summed E-state index contributed by atoms with van der Waals surface area (Å²) in [4.78, 5) is 17.8. The summed E-state index contributed by atoms with van der Waals surface area (Å²) in [6, 6.07) is 0.722. The molecule has 6 nitrogen and oxygen atoms in total. The van der Waals surface area contributed by atoms with E-state index in [1.807, 2.05) is 6.92 Å². The van der Waals surface area contributed by atoms with Crippen molar-refractivity contribution in [3.63, 3.8) is 0 Å². The van der Waals surface area contributed by atoms with Crippen molar-refractivity contribution in [2.75, 3.05) is 23.7 Å². The number of nitrogens with two attached hydrogens (primary N) is 1. The molecule has 0 atom stereocenters. The lowest BCUT2D eigenvalue weighted by molar-refractivity contribution is -0.141. The molecular formula is C10H14F3N5O. The van der Waals surface area contributed by atoms with Crippen LogP contribution >= 0.6 is 0 Å². The quantitative estimate of drug-likeness (QED) is 0.727. The van der Waals surface area contributed by atoms with Crippen LogP contribution in [0.1, 0.15) is 19.0 Å². The Labute approximate surface area is 107 Å². The van der Waals surface area contributed by atoms with Crippen LogP contribution in [0.25, 0.3) is 0 Å². The minimum Gasteiger partial charge on any atom is -0.368 e. The first-order valence-electron chi connectivity index (χ1n) is 5.55. The van der Waals surface area contributed by atoms with Crippen LogP contribution in [0.4, 0.5) is 24.9 Å². The van der Waals surface area contributed by atoms with E-state index in [0.717, 1.165) is 6.07 Å². The van der Waals surface area contributed by atoms with Crippen LogP contribution < -0.4 is 16.4 Å². The second-order valence-electron chi connectivity index (χ2n) is 3.71. The number of carbonyl (C=O) groups excluding carboxylic acids is 1. The molecule has 0 spiro atoms. The molecule has 0 aromatic carbocycles. The second kappa shape index (κ2) is 6.21. The molecule has 0 aliphatic heterocycles. The predicted octanol–water partition coefficient (Wildman–Crippen LogP) is 1.21. The van der Waals surface area contributed by atoms with Crippen molar-refractivity contribution in [2.24, 2.45) is 5.73 Å². The zero-order valence-electron chi connectivity index (χ0n) is 10.2. The van der Waals surface area contributed by atoms with Gasteiger partial charge in [-0.05, 0) is 6.42 Å². The van der Waals surface area contributed by atoms with Gasteiger partial charge in [-0.25, -0.2) is 4.98 Å². The number of alkyl halides is 3. The highest BCUT2D eigenvalue weighted by Gasteiger charge is 2.33. The fourth-order valence-electron chi connectivity index (χ4n) is 1.18. The van der Waals surface area contributed by atoms with E-state index < -0.39 is 17.8 Å². The molecule has 106 valence electrons. The summed E-state index contributed by atoms with van der Waals surface area (Å²) in [5.41, 5.74) is 3.81. The average molecular weight is 277 g/mol. The molecule has 9 heteroatoms. The number of nitrogens with one attached hydrogen (secondary N) is 2. The van der Waals surface area contributed by atoms with E-state index in [4.69, 9.17) is 5.73 Å². The van der Waals surface area contributed by atoms with Gasteiger partial charge in [0.25, 0.3) is 0 Å². The predicted molar refractivity (Wildman–Crippen MR) is 63.5 cm³/mol. The molecule has 0 unspecified atom stereocenters. The van der Waals surface area contributed by atoms with Gasteiger partial charge in [-0.15, -0.1) is 0 Å². The third-order valence-corrected chi connectivity index (χ3v) is 1.99. The van der Waals surface area contributed by atoms with Crippen LogP contribution in [0, 0.1) is 0 Å². The Morgan fingerprint density at radius 1 is 1.37 bits per heavy atom. The van der Waals surface area contributed by atoms with Crippen molar-refractivity contribution in [1.82, 2.24) is 9.97 Å². The number of carbonyl (C=O) groups is 1. The van der Waals surface area contributed by atoms with Gasteiger partial charge in [0.05, 0.1) is 6.54 Å². The number of primary amides is 1. The Morgan fingerprint density at radius 3 is 2.58 bits per heavy atom. The molecule has 1 aromatic heterocycles. The van der Waals surface area contributed by atoms with Gasteiger partial charge >= 0.3 is 6.18 Å². The van der Waals surface area contributed by atoms with Crippen molar-refractivity contribution in [1.29, 1.82) is 0 Å². The van der Waals surface area contributed by atoms with Crippen LogP contribution in [0.5, 0.6) is 0 Å². The molecule has 0 saturated carbocycles. The SMILES string of the molecule is CCCNc1nc(NCC(N)=O)cc(C(F)(F)F)n1. The Kier molecular flexibility index (Phi) is 4.90. The maximum atomic E-state index is 12.6. The first-order valence-corrected chi connectivity index (χ1v) is 5.55. The molecule has 1 heterocycles. The number of hydrogen-bond donors (Lipinski definition) is 3.